The van der Waals surface area contributed by atoms with E-state index in [1.807, 2.05) is 27.7 Å². The predicted molar refractivity (Wildman–Crippen MR) is 123 cm³/mol. The van der Waals surface area contributed by atoms with Crippen LogP contribution in [0.4, 0.5) is 16.2 Å². The van der Waals surface area contributed by atoms with E-state index in [-0.39, 0.29) is 18.5 Å². The molecule has 3 N–H and O–H groups in total. The first-order chi connectivity index (χ1) is 15.2. The molecule has 1 aliphatic heterocycles. The van der Waals surface area contributed by atoms with Gasteiger partial charge in [0, 0.05) is 24.6 Å². The van der Waals surface area contributed by atoms with Gasteiger partial charge >= 0.3 is 12.0 Å². The number of fused-ring (bicyclic) bond motifs is 1. The second-order valence-corrected chi connectivity index (χ2v) is 7.48. The predicted octanol–water partition coefficient (Wildman–Crippen LogP) is 4.09. The molecule has 0 saturated carbocycles. The number of anilines is 2. The maximum absolute atomic E-state index is 13.0. The van der Waals surface area contributed by atoms with Crippen LogP contribution < -0.4 is 25.4 Å². The van der Waals surface area contributed by atoms with Crippen LogP contribution in [-0.4, -0.2) is 31.1 Å². The summed E-state index contributed by atoms with van der Waals surface area (Å²) in [6.07, 6.45) is 1.75. The SMILES string of the molecule is CCNC(=O)Nc1ccccc1NC(=O)C1=Cc2c(C)c(OC(C)=O)c(C)c(C)c2OC1. The van der Waals surface area contributed by atoms with E-state index in [4.69, 9.17) is 9.47 Å². The Morgan fingerprint density at radius 1 is 1.00 bits per heavy atom. The summed E-state index contributed by atoms with van der Waals surface area (Å²) >= 11 is 0. The molecule has 0 spiro atoms. The number of esters is 1. The number of ether oxygens (including phenoxy) is 2. The van der Waals surface area contributed by atoms with E-state index in [0.717, 1.165) is 16.7 Å². The quantitative estimate of drug-likeness (QED) is 0.483. The van der Waals surface area contributed by atoms with E-state index in [0.29, 0.717) is 40.6 Å². The third-order valence-corrected chi connectivity index (χ3v) is 5.22. The summed E-state index contributed by atoms with van der Waals surface area (Å²) < 4.78 is 11.3. The molecule has 168 valence electrons. The molecular weight excluding hydrogens is 410 g/mol. The smallest absolute Gasteiger partial charge is 0.319 e. The van der Waals surface area contributed by atoms with Crippen LogP contribution in [0.1, 0.15) is 36.1 Å². The topological polar surface area (TPSA) is 106 Å². The molecule has 0 bridgehead atoms. The van der Waals surface area contributed by atoms with E-state index in [9.17, 15) is 14.4 Å². The number of carbonyl (C=O) groups is 3. The standard InChI is InChI=1S/C24H27N3O5/c1-6-25-24(30)27-20-10-8-7-9-19(20)26-23(29)17-11-18-15(4)21(32-16(5)28)13(2)14(3)22(18)31-12-17/h7-11H,6,12H2,1-5H3,(H,26,29)(H2,25,27,30). The maximum atomic E-state index is 13.0. The van der Waals surface area contributed by atoms with Crippen LogP contribution in [0.5, 0.6) is 11.5 Å². The molecule has 0 aromatic heterocycles. The van der Waals surface area contributed by atoms with Crippen LogP contribution in [0.3, 0.4) is 0 Å². The number of rotatable bonds is 5. The van der Waals surface area contributed by atoms with Gasteiger partial charge in [0.1, 0.15) is 18.1 Å². The van der Waals surface area contributed by atoms with Crippen molar-refractivity contribution in [2.24, 2.45) is 0 Å². The van der Waals surface area contributed by atoms with Crippen LogP contribution in [-0.2, 0) is 9.59 Å². The van der Waals surface area contributed by atoms with Gasteiger partial charge in [0.2, 0.25) is 0 Å². The van der Waals surface area contributed by atoms with Gasteiger partial charge in [-0.25, -0.2) is 4.79 Å². The molecule has 32 heavy (non-hydrogen) atoms. The Morgan fingerprint density at radius 2 is 1.66 bits per heavy atom. The van der Waals surface area contributed by atoms with Gasteiger partial charge in [-0.2, -0.15) is 0 Å². The van der Waals surface area contributed by atoms with E-state index < -0.39 is 5.97 Å². The number of hydrogen-bond acceptors (Lipinski definition) is 5. The normalized spacial score (nSPS) is 12.1. The summed E-state index contributed by atoms with van der Waals surface area (Å²) in [6.45, 7) is 9.34. The van der Waals surface area contributed by atoms with E-state index in [2.05, 4.69) is 16.0 Å². The number of benzene rings is 2. The van der Waals surface area contributed by atoms with Gasteiger partial charge in [-0.15, -0.1) is 0 Å². The van der Waals surface area contributed by atoms with Crippen LogP contribution in [0.15, 0.2) is 29.8 Å². The Hall–Kier alpha value is -3.81. The molecule has 0 saturated heterocycles. The molecule has 2 aromatic carbocycles. The zero-order chi connectivity index (χ0) is 23.4. The summed E-state index contributed by atoms with van der Waals surface area (Å²) in [4.78, 5) is 36.4. The molecule has 0 unspecified atom stereocenters. The second kappa shape index (κ2) is 9.55. The van der Waals surface area contributed by atoms with Crippen LogP contribution in [0, 0.1) is 20.8 Å². The maximum Gasteiger partial charge on any atom is 0.319 e. The first-order valence-electron chi connectivity index (χ1n) is 10.3. The lowest BCUT2D eigenvalue weighted by Gasteiger charge is -2.24. The van der Waals surface area contributed by atoms with Crippen molar-refractivity contribution < 1.29 is 23.9 Å². The van der Waals surface area contributed by atoms with Crippen molar-refractivity contribution in [3.05, 3.63) is 52.1 Å². The summed E-state index contributed by atoms with van der Waals surface area (Å²) in [5, 5.41) is 8.21. The summed E-state index contributed by atoms with van der Waals surface area (Å²) in [5.41, 5.74) is 4.45. The van der Waals surface area contributed by atoms with Gasteiger partial charge in [-0.3, -0.25) is 9.59 Å². The number of hydrogen-bond donors (Lipinski definition) is 3. The molecule has 0 aliphatic carbocycles. The summed E-state index contributed by atoms with van der Waals surface area (Å²) in [7, 11) is 0. The fraction of sp³-hybridized carbons (Fsp3) is 0.292. The third-order valence-electron chi connectivity index (χ3n) is 5.22. The highest BCUT2D eigenvalue weighted by Gasteiger charge is 2.25. The Bertz CT molecular complexity index is 1120. The van der Waals surface area contributed by atoms with Crippen molar-refractivity contribution in [1.82, 2.24) is 5.32 Å². The van der Waals surface area contributed by atoms with Crippen molar-refractivity contribution >= 4 is 35.4 Å². The highest BCUT2D eigenvalue weighted by Crippen LogP contribution is 2.41. The molecular formula is C24H27N3O5. The Labute approximate surface area is 187 Å². The Morgan fingerprint density at radius 3 is 2.28 bits per heavy atom. The van der Waals surface area contributed by atoms with Crippen molar-refractivity contribution in [2.45, 2.75) is 34.6 Å². The van der Waals surface area contributed by atoms with Crippen LogP contribution in [0.2, 0.25) is 0 Å². The average molecular weight is 437 g/mol. The largest absolute Gasteiger partial charge is 0.488 e. The highest BCUT2D eigenvalue weighted by atomic mass is 16.5. The van der Waals surface area contributed by atoms with Crippen LogP contribution in [0.25, 0.3) is 6.08 Å². The minimum Gasteiger partial charge on any atom is -0.488 e. The fourth-order valence-electron chi connectivity index (χ4n) is 3.50. The molecule has 0 fully saturated rings. The van der Waals surface area contributed by atoms with E-state index in [1.165, 1.54) is 6.92 Å². The lowest BCUT2D eigenvalue weighted by atomic mass is 9.94. The average Bonchev–Trinajstić information content (AvgIpc) is 2.76. The van der Waals surface area contributed by atoms with E-state index >= 15 is 0 Å². The van der Waals surface area contributed by atoms with Gasteiger partial charge in [0.15, 0.2) is 0 Å². The molecule has 2 aromatic rings. The van der Waals surface area contributed by atoms with E-state index in [1.54, 1.807) is 30.3 Å². The van der Waals surface area contributed by atoms with Gasteiger partial charge in [0.05, 0.1) is 16.9 Å². The number of urea groups is 1. The van der Waals surface area contributed by atoms with Crippen LogP contribution >= 0.6 is 0 Å². The lowest BCUT2D eigenvalue weighted by molar-refractivity contribution is -0.132. The van der Waals surface area contributed by atoms with Gasteiger partial charge < -0.3 is 25.4 Å². The fourth-order valence-corrected chi connectivity index (χ4v) is 3.50. The van der Waals surface area contributed by atoms with Crippen molar-refractivity contribution in [3.8, 4) is 11.5 Å². The van der Waals surface area contributed by atoms with Gasteiger partial charge in [-0.05, 0) is 57.0 Å². The van der Waals surface area contributed by atoms with Gasteiger partial charge in [-0.1, -0.05) is 12.1 Å². The highest BCUT2D eigenvalue weighted by molar-refractivity contribution is 6.10. The summed E-state index contributed by atoms with van der Waals surface area (Å²) in [5.74, 6) is 0.385. The molecule has 0 atom stereocenters. The molecule has 8 nitrogen and oxygen atoms in total. The molecule has 3 rings (SSSR count). The number of carbonyl (C=O) groups excluding carboxylic acids is 3. The van der Waals surface area contributed by atoms with Gasteiger partial charge in [0.25, 0.3) is 5.91 Å². The minimum absolute atomic E-state index is 0.0946. The number of nitrogens with one attached hydrogen (secondary N) is 3. The molecule has 3 amide bonds. The minimum atomic E-state index is -0.412. The zero-order valence-electron chi connectivity index (χ0n) is 18.8. The zero-order valence-corrected chi connectivity index (χ0v) is 18.8. The first kappa shape index (κ1) is 22.9. The first-order valence-corrected chi connectivity index (χ1v) is 10.3. The molecule has 0 radical (unpaired) electrons. The number of amides is 3. The monoisotopic (exact) mass is 437 g/mol. The molecule has 1 aliphatic rings. The summed E-state index contributed by atoms with van der Waals surface area (Å²) in [6, 6.07) is 6.58. The van der Waals surface area contributed by atoms with Crippen molar-refractivity contribution in [3.63, 3.8) is 0 Å². The number of para-hydroxylation sites is 2. The molecule has 8 heteroatoms. The Balaban J connectivity index is 1.91. The molecule has 1 heterocycles. The third kappa shape index (κ3) is 4.74. The lowest BCUT2D eigenvalue weighted by Crippen LogP contribution is -2.29. The van der Waals surface area contributed by atoms with Crippen molar-refractivity contribution in [1.29, 1.82) is 0 Å². The Kier molecular flexibility index (Phi) is 6.82. The van der Waals surface area contributed by atoms with Crippen molar-refractivity contribution in [2.75, 3.05) is 23.8 Å². The second-order valence-electron chi connectivity index (χ2n) is 7.48.